The van der Waals surface area contributed by atoms with Crippen LogP contribution in [0.4, 0.5) is 0 Å². The molecule has 1 aliphatic heterocycles. The van der Waals surface area contributed by atoms with E-state index in [1.807, 2.05) is 9.25 Å². The summed E-state index contributed by atoms with van der Waals surface area (Å²) in [7, 11) is -3.58. The maximum Gasteiger partial charge on any atom is 0.248 e. The Morgan fingerprint density at radius 3 is 2.50 bits per heavy atom. The topological polar surface area (TPSA) is 89.4 Å². The molecule has 3 heterocycles. The number of rotatable bonds is 5. The van der Waals surface area contributed by atoms with Gasteiger partial charge in [0.2, 0.25) is 10.0 Å². The normalized spacial score (nSPS) is 19.9. The summed E-state index contributed by atoms with van der Waals surface area (Å²) in [6, 6.07) is 0.508. The Balaban J connectivity index is 1.42. The summed E-state index contributed by atoms with van der Waals surface area (Å²) in [6.07, 6.45) is 4.13. The van der Waals surface area contributed by atoms with E-state index in [2.05, 4.69) is 15.2 Å². The third-order valence-electron chi connectivity index (χ3n) is 4.93. The largest absolute Gasteiger partial charge is 0.360 e. The second-order valence-electron chi connectivity index (χ2n) is 6.87. The molecule has 2 fully saturated rings. The number of aryl methyl sites for hydroxylation is 2. The highest BCUT2D eigenvalue weighted by atomic mass is 32.2. The van der Waals surface area contributed by atoms with Crippen LogP contribution in [0.3, 0.4) is 0 Å². The maximum atomic E-state index is 12.9. The molecule has 0 aromatic carbocycles. The molecule has 0 atom stereocenters. The lowest BCUT2D eigenvalue weighted by atomic mass is 10.4. The fraction of sp³-hybridized carbons (Fsp3) is 0.667. The first kappa shape index (κ1) is 17.8. The zero-order valence-electron chi connectivity index (χ0n) is 14.8. The molecule has 26 heavy (non-hydrogen) atoms. The second kappa shape index (κ2) is 6.55. The molecule has 0 spiro atoms. The molecular formula is C15H22N6O3S2. The molecular weight excluding hydrogens is 376 g/mol. The van der Waals surface area contributed by atoms with Crippen LogP contribution in [0.25, 0.3) is 0 Å². The molecule has 1 saturated heterocycles. The second-order valence-corrected chi connectivity index (χ2v) is 9.11. The predicted molar refractivity (Wildman–Crippen MR) is 95.6 cm³/mol. The van der Waals surface area contributed by atoms with Gasteiger partial charge >= 0.3 is 0 Å². The van der Waals surface area contributed by atoms with Crippen LogP contribution in [0.15, 0.2) is 15.7 Å². The molecule has 0 amide bonds. The van der Waals surface area contributed by atoms with E-state index in [4.69, 9.17) is 16.7 Å². The smallest absolute Gasteiger partial charge is 0.248 e. The van der Waals surface area contributed by atoms with Crippen molar-refractivity contribution in [2.45, 2.75) is 44.3 Å². The van der Waals surface area contributed by atoms with Gasteiger partial charge in [0, 0.05) is 32.2 Å². The van der Waals surface area contributed by atoms with E-state index in [-0.39, 0.29) is 4.90 Å². The van der Waals surface area contributed by atoms with Crippen LogP contribution in [0.1, 0.15) is 30.3 Å². The van der Waals surface area contributed by atoms with Crippen LogP contribution < -0.4 is 0 Å². The van der Waals surface area contributed by atoms with Crippen molar-refractivity contribution in [3.8, 4) is 0 Å². The van der Waals surface area contributed by atoms with Crippen LogP contribution in [0, 0.1) is 18.6 Å². The van der Waals surface area contributed by atoms with Gasteiger partial charge in [-0.25, -0.2) is 13.1 Å². The lowest BCUT2D eigenvalue weighted by Crippen LogP contribution is -2.49. The summed E-state index contributed by atoms with van der Waals surface area (Å²) in [5, 5.41) is 8.15. The quantitative estimate of drug-likeness (QED) is 0.702. The monoisotopic (exact) mass is 398 g/mol. The molecule has 2 aliphatic rings. The Kier molecular flexibility index (Phi) is 4.49. The van der Waals surface area contributed by atoms with Crippen molar-refractivity contribution < 1.29 is 12.9 Å². The summed E-state index contributed by atoms with van der Waals surface area (Å²) >= 11 is 5.49. The van der Waals surface area contributed by atoms with Crippen molar-refractivity contribution in [3.63, 3.8) is 0 Å². The number of hydrogen-bond acceptors (Lipinski definition) is 7. The van der Waals surface area contributed by atoms with Gasteiger partial charge in [-0.3, -0.25) is 4.90 Å². The van der Waals surface area contributed by atoms with Gasteiger partial charge in [-0.1, -0.05) is 5.16 Å². The molecule has 11 heteroatoms. The predicted octanol–water partition coefficient (Wildman–Crippen LogP) is 1.32. The van der Waals surface area contributed by atoms with Gasteiger partial charge < -0.3 is 9.09 Å². The standard InChI is InChI=1S/C15H22N6O3S2/c1-11-14(12(2)24-17-11)26(22,23)19-7-5-18(6-8-19)10-21-15(25)20(9-16-21)13-3-4-13/h9,13H,3-8,10H2,1-2H3. The highest BCUT2D eigenvalue weighted by Gasteiger charge is 2.33. The highest BCUT2D eigenvalue weighted by molar-refractivity contribution is 7.89. The van der Waals surface area contributed by atoms with Crippen molar-refractivity contribution in [2.24, 2.45) is 0 Å². The summed E-state index contributed by atoms with van der Waals surface area (Å²) < 4.78 is 36.8. The average molecular weight is 399 g/mol. The van der Waals surface area contributed by atoms with Crippen LogP contribution in [0.2, 0.25) is 0 Å². The summed E-state index contributed by atoms with van der Waals surface area (Å²) in [5.41, 5.74) is 0.404. The minimum Gasteiger partial charge on any atom is -0.360 e. The van der Waals surface area contributed by atoms with Crippen molar-refractivity contribution in [1.29, 1.82) is 0 Å². The van der Waals surface area contributed by atoms with E-state index in [0.29, 0.717) is 50.3 Å². The Bertz CT molecular complexity index is 944. The molecule has 1 saturated carbocycles. The van der Waals surface area contributed by atoms with Gasteiger partial charge in [0.25, 0.3) is 0 Å². The Morgan fingerprint density at radius 2 is 1.92 bits per heavy atom. The molecule has 4 rings (SSSR count). The van der Waals surface area contributed by atoms with E-state index in [0.717, 1.165) is 17.6 Å². The number of piperazine rings is 1. The molecule has 0 bridgehead atoms. The number of nitrogens with zero attached hydrogens (tertiary/aromatic N) is 6. The SMILES string of the molecule is Cc1noc(C)c1S(=O)(=O)N1CCN(Cn2ncn(C3CC3)c2=S)CC1. The molecule has 142 valence electrons. The third kappa shape index (κ3) is 3.13. The van der Waals surface area contributed by atoms with Gasteiger partial charge in [-0.05, 0) is 38.9 Å². The fourth-order valence-corrected chi connectivity index (χ4v) is 5.34. The summed E-state index contributed by atoms with van der Waals surface area (Å²) in [6.45, 7) is 5.95. The molecule has 0 N–H and O–H groups in total. The van der Waals surface area contributed by atoms with E-state index in [9.17, 15) is 8.42 Å². The zero-order chi connectivity index (χ0) is 18.5. The zero-order valence-corrected chi connectivity index (χ0v) is 16.5. The maximum absolute atomic E-state index is 12.9. The average Bonchev–Trinajstić information content (AvgIpc) is 3.30. The van der Waals surface area contributed by atoms with E-state index < -0.39 is 10.0 Å². The molecule has 2 aromatic rings. The highest BCUT2D eigenvalue weighted by Crippen LogP contribution is 2.34. The minimum atomic E-state index is -3.58. The molecule has 0 radical (unpaired) electrons. The van der Waals surface area contributed by atoms with Crippen LogP contribution in [0.5, 0.6) is 0 Å². The number of sulfonamides is 1. The van der Waals surface area contributed by atoms with Crippen LogP contribution in [-0.2, 0) is 16.7 Å². The van der Waals surface area contributed by atoms with Crippen molar-refractivity contribution in [1.82, 2.24) is 28.7 Å². The molecule has 0 unspecified atom stereocenters. The lowest BCUT2D eigenvalue weighted by molar-refractivity contribution is 0.144. The minimum absolute atomic E-state index is 0.191. The Hall–Kier alpha value is -1.56. The van der Waals surface area contributed by atoms with Crippen molar-refractivity contribution >= 4 is 22.2 Å². The third-order valence-corrected chi connectivity index (χ3v) is 7.49. The Morgan fingerprint density at radius 1 is 1.23 bits per heavy atom. The van der Waals surface area contributed by atoms with Gasteiger partial charge in [0.1, 0.15) is 16.9 Å². The summed E-state index contributed by atoms with van der Waals surface area (Å²) in [5.74, 6) is 0.335. The van der Waals surface area contributed by atoms with Crippen LogP contribution >= 0.6 is 12.2 Å². The Labute approximate surface area is 157 Å². The first-order valence-electron chi connectivity index (χ1n) is 8.67. The van der Waals surface area contributed by atoms with Crippen molar-refractivity contribution in [2.75, 3.05) is 26.2 Å². The number of aromatic nitrogens is 4. The van der Waals surface area contributed by atoms with E-state index >= 15 is 0 Å². The van der Waals surface area contributed by atoms with Gasteiger partial charge in [-0.15, -0.1) is 0 Å². The first-order chi connectivity index (χ1) is 12.4. The van der Waals surface area contributed by atoms with E-state index in [1.54, 1.807) is 20.2 Å². The first-order valence-corrected chi connectivity index (χ1v) is 10.5. The van der Waals surface area contributed by atoms with Gasteiger partial charge in [-0.2, -0.15) is 9.40 Å². The fourth-order valence-electron chi connectivity index (χ4n) is 3.32. The van der Waals surface area contributed by atoms with Crippen LogP contribution in [-0.4, -0.2) is 63.3 Å². The van der Waals surface area contributed by atoms with Crippen molar-refractivity contribution in [3.05, 3.63) is 22.6 Å². The van der Waals surface area contributed by atoms with Gasteiger partial charge in [0.05, 0.1) is 6.67 Å². The van der Waals surface area contributed by atoms with Gasteiger partial charge in [0.15, 0.2) is 10.5 Å². The van der Waals surface area contributed by atoms with E-state index in [1.165, 1.54) is 4.31 Å². The molecule has 1 aliphatic carbocycles. The molecule has 2 aromatic heterocycles. The molecule has 9 nitrogen and oxygen atoms in total. The number of hydrogen-bond donors (Lipinski definition) is 0. The summed E-state index contributed by atoms with van der Waals surface area (Å²) in [4.78, 5) is 2.36. The lowest BCUT2D eigenvalue weighted by Gasteiger charge is -2.33.